The Morgan fingerprint density at radius 1 is 1.50 bits per heavy atom. The van der Waals surface area contributed by atoms with Gasteiger partial charge in [0.1, 0.15) is 0 Å². The molecule has 0 aromatic carbocycles. The summed E-state index contributed by atoms with van der Waals surface area (Å²) in [4.78, 5) is 1.17. The number of thiophene rings is 1. The molecule has 0 saturated carbocycles. The van der Waals surface area contributed by atoms with Crippen LogP contribution in [0.3, 0.4) is 0 Å². The summed E-state index contributed by atoms with van der Waals surface area (Å²) in [6.45, 7) is 6.60. The second-order valence-corrected chi connectivity index (χ2v) is 7.77. The van der Waals surface area contributed by atoms with E-state index in [0.717, 1.165) is 10.1 Å². The van der Waals surface area contributed by atoms with Crippen molar-refractivity contribution in [2.45, 2.75) is 31.6 Å². The van der Waals surface area contributed by atoms with Gasteiger partial charge in [0.15, 0.2) is 0 Å². The van der Waals surface area contributed by atoms with Crippen LogP contribution in [0, 0.1) is 0 Å². The fourth-order valence-electron chi connectivity index (χ4n) is 0.949. The molecule has 0 bridgehead atoms. The minimum atomic E-state index is 0.108. The van der Waals surface area contributed by atoms with Crippen LogP contribution < -0.4 is 5.73 Å². The minimum absolute atomic E-state index is 0.108. The maximum absolute atomic E-state index is 6.05. The molecule has 1 rings (SSSR count). The molecule has 1 heterocycles. The first-order valence-corrected chi connectivity index (χ1v) is 6.71. The molecule has 14 heavy (non-hydrogen) atoms. The predicted octanol–water partition coefficient (Wildman–Crippen LogP) is 3.93. The highest BCUT2D eigenvalue weighted by molar-refractivity contribution is 8.00. The van der Waals surface area contributed by atoms with E-state index >= 15 is 0 Å². The van der Waals surface area contributed by atoms with Crippen molar-refractivity contribution >= 4 is 34.7 Å². The lowest BCUT2D eigenvalue weighted by Crippen LogP contribution is -2.17. The van der Waals surface area contributed by atoms with Gasteiger partial charge in [-0.05, 0) is 12.1 Å². The van der Waals surface area contributed by atoms with Gasteiger partial charge in [-0.2, -0.15) is 11.8 Å². The van der Waals surface area contributed by atoms with Crippen LogP contribution in [0.15, 0.2) is 12.1 Å². The molecule has 2 N–H and O–H groups in total. The molecule has 0 aliphatic rings. The maximum atomic E-state index is 6.05. The molecule has 4 heteroatoms. The highest BCUT2D eigenvalue weighted by atomic mass is 35.5. The average Bonchev–Trinajstić information content (AvgIpc) is 2.46. The number of hydrogen-bond acceptors (Lipinski definition) is 3. The zero-order valence-electron chi connectivity index (χ0n) is 8.71. The van der Waals surface area contributed by atoms with Crippen LogP contribution in [0.25, 0.3) is 0 Å². The maximum Gasteiger partial charge on any atom is 0.0931 e. The molecule has 1 nitrogen and oxygen atoms in total. The van der Waals surface area contributed by atoms with Crippen molar-refractivity contribution in [3.63, 3.8) is 0 Å². The van der Waals surface area contributed by atoms with E-state index < -0.39 is 0 Å². The van der Waals surface area contributed by atoms with Gasteiger partial charge in [-0.1, -0.05) is 32.4 Å². The molecule has 0 aliphatic carbocycles. The van der Waals surface area contributed by atoms with Gasteiger partial charge in [0, 0.05) is 21.4 Å². The van der Waals surface area contributed by atoms with E-state index in [-0.39, 0.29) is 10.8 Å². The lowest BCUT2D eigenvalue weighted by molar-refractivity contribution is 0.784. The lowest BCUT2D eigenvalue weighted by Gasteiger charge is -2.19. The SMILES string of the molecule is CC(C)(C)SCC(N)c1ccc(Cl)s1. The van der Waals surface area contributed by atoms with E-state index in [4.69, 9.17) is 17.3 Å². The molecule has 0 saturated heterocycles. The standard InChI is InChI=1S/C10H16ClNS2/c1-10(2,3)13-6-7(12)8-4-5-9(11)14-8/h4-5,7H,6,12H2,1-3H3. The molecule has 80 valence electrons. The van der Waals surface area contributed by atoms with Gasteiger partial charge in [-0.3, -0.25) is 0 Å². The normalized spacial score (nSPS) is 14.4. The van der Waals surface area contributed by atoms with Gasteiger partial charge < -0.3 is 5.73 Å². The Bertz CT molecular complexity index is 291. The first-order valence-electron chi connectivity index (χ1n) is 4.53. The predicted molar refractivity (Wildman–Crippen MR) is 68.5 cm³/mol. The first-order chi connectivity index (χ1) is 6.38. The average molecular weight is 250 g/mol. The Balaban J connectivity index is 2.47. The molecule has 0 radical (unpaired) electrons. The summed E-state index contributed by atoms with van der Waals surface area (Å²) < 4.78 is 1.09. The summed E-state index contributed by atoms with van der Waals surface area (Å²) in [5.41, 5.74) is 6.05. The van der Waals surface area contributed by atoms with Crippen molar-refractivity contribution in [2.24, 2.45) is 5.73 Å². The molecule has 1 aromatic rings. The molecule has 0 spiro atoms. The van der Waals surface area contributed by atoms with Gasteiger partial charge in [0.05, 0.1) is 4.34 Å². The molecular weight excluding hydrogens is 234 g/mol. The number of hydrogen-bond donors (Lipinski definition) is 1. The van der Waals surface area contributed by atoms with Crippen LogP contribution in [0.5, 0.6) is 0 Å². The topological polar surface area (TPSA) is 26.0 Å². The van der Waals surface area contributed by atoms with Gasteiger partial charge in [-0.15, -0.1) is 11.3 Å². The zero-order valence-corrected chi connectivity index (χ0v) is 11.1. The number of thioether (sulfide) groups is 1. The molecule has 0 amide bonds. The van der Waals surface area contributed by atoms with Crippen LogP contribution in [-0.2, 0) is 0 Å². The molecular formula is C10H16ClNS2. The second-order valence-electron chi connectivity index (χ2n) is 4.17. The van der Waals surface area contributed by atoms with E-state index in [1.807, 2.05) is 23.9 Å². The Morgan fingerprint density at radius 3 is 2.57 bits per heavy atom. The highest BCUT2D eigenvalue weighted by Gasteiger charge is 2.15. The minimum Gasteiger partial charge on any atom is -0.323 e. The fourth-order valence-corrected chi connectivity index (χ4v) is 2.98. The van der Waals surface area contributed by atoms with E-state index in [1.54, 1.807) is 11.3 Å². The smallest absolute Gasteiger partial charge is 0.0931 e. The van der Waals surface area contributed by atoms with Crippen molar-refractivity contribution in [3.05, 3.63) is 21.3 Å². The fraction of sp³-hybridized carbons (Fsp3) is 0.600. The molecule has 0 fully saturated rings. The number of nitrogens with two attached hydrogens (primary N) is 1. The van der Waals surface area contributed by atoms with Crippen molar-refractivity contribution < 1.29 is 0 Å². The largest absolute Gasteiger partial charge is 0.323 e. The molecule has 1 unspecified atom stereocenters. The Labute approximate surface area is 99.0 Å². The van der Waals surface area contributed by atoms with Gasteiger partial charge in [0.25, 0.3) is 0 Å². The summed E-state index contributed by atoms with van der Waals surface area (Å²) in [6.07, 6.45) is 0. The second kappa shape index (κ2) is 4.88. The summed E-state index contributed by atoms with van der Waals surface area (Å²) in [5, 5.41) is 0. The van der Waals surface area contributed by atoms with Crippen molar-refractivity contribution in [1.82, 2.24) is 0 Å². The highest BCUT2D eigenvalue weighted by Crippen LogP contribution is 2.31. The quantitative estimate of drug-likeness (QED) is 0.879. The Morgan fingerprint density at radius 2 is 2.14 bits per heavy atom. The van der Waals surface area contributed by atoms with Crippen molar-refractivity contribution in [1.29, 1.82) is 0 Å². The van der Waals surface area contributed by atoms with E-state index in [9.17, 15) is 0 Å². The molecule has 0 aliphatic heterocycles. The lowest BCUT2D eigenvalue weighted by atomic mass is 10.3. The van der Waals surface area contributed by atoms with Gasteiger partial charge >= 0.3 is 0 Å². The summed E-state index contributed by atoms with van der Waals surface area (Å²) in [5.74, 6) is 0.945. The van der Waals surface area contributed by atoms with Crippen LogP contribution >= 0.6 is 34.7 Å². The van der Waals surface area contributed by atoms with Crippen LogP contribution in [0.1, 0.15) is 31.7 Å². The molecule has 1 aromatic heterocycles. The third-order valence-electron chi connectivity index (χ3n) is 1.66. The van der Waals surface area contributed by atoms with E-state index in [1.165, 1.54) is 4.88 Å². The Kier molecular flexibility index (Phi) is 4.31. The summed E-state index contributed by atoms with van der Waals surface area (Å²) in [6, 6.07) is 4.03. The van der Waals surface area contributed by atoms with E-state index in [2.05, 4.69) is 20.8 Å². The van der Waals surface area contributed by atoms with Crippen LogP contribution in [0.2, 0.25) is 4.34 Å². The monoisotopic (exact) mass is 249 g/mol. The van der Waals surface area contributed by atoms with Crippen LogP contribution in [-0.4, -0.2) is 10.5 Å². The number of halogens is 1. The zero-order chi connectivity index (χ0) is 10.8. The van der Waals surface area contributed by atoms with E-state index in [0.29, 0.717) is 0 Å². The first kappa shape index (κ1) is 12.4. The molecule has 1 atom stereocenters. The third kappa shape index (κ3) is 4.22. The van der Waals surface area contributed by atoms with Gasteiger partial charge in [-0.25, -0.2) is 0 Å². The van der Waals surface area contributed by atoms with Crippen LogP contribution in [0.4, 0.5) is 0 Å². The van der Waals surface area contributed by atoms with Gasteiger partial charge in [0.2, 0.25) is 0 Å². The number of rotatable bonds is 3. The van der Waals surface area contributed by atoms with Crippen molar-refractivity contribution in [3.8, 4) is 0 Å². The summed E-state index contributed by atoms with van der Waals surface area (Å²) in [7, 11) is 0. The summed E-state index contributed by atoms with van der Waals surface area (Å²) >= 11 is 9.31. The van der Waals surface area contributed by atoms with Crippen molar-refractivity contribution in [2.75, 3.05) is 5.75 Å². The Hall–Kier alpha value is 0.300. The third-order valence-corrected chi connectivity index (χ3v) is 4.41.